The van der Waals surface area contributed by atoms with Crippen LogP contribution in [0.4, 0.5) is 5.69 Å². The number of ether oxygens (including phenoxy) is 1. The van der Waals surface area contributed by atoms with Crippen molar-refractivity contribution >= 4 is 11.6 Å². The SMILES string of the molecule is CNC(=O)c1cccc(NC(COC)C(C)C)c1C. The Morgan fingerprint density at radius 3 is 2.58 bits per heavy atom. The van der Waals surface area contributed by atoms with Crippen molar-refractivity contribution in [3.8, 4) is 0 Å². The lowest BCUT2D eigenvalue weighted by Gasteiger charge is -2.24. The van der Waals surface area contributed by atoms with Gasteiger partial charge in [-0.2, -0.15) is 0 Å². The third kappa shape index (κ3) is 3.96. The predicted octanol–water partition coefficient (Wildman–Crippen LogP) is 2.44. The van der Waals surface area contributed by atoms with Crippen LogP contribution in [0, 0.1) is 12.8 Å². The predicted molar refractivity (Wildman–Crippen MR) is 78.7 cm³/mol. The Labute approximate surface area is 115 Å². The Morgan fingerprint density at radius 2 is 2.05 bits per heavy atom. The molecule has 0 bridgehead atoms. The van der Waals surface area contributed by atoms with Crippen LogP contribution in [0.3, 0.4) is 0 Å². The molecule has 0 radical (unpaired) electrons. The number of amides is 1. The molecule has 19 heavy (non-hydrogen) atoms. The topological polar surface area (TPSA) is 50.4 Å². The fourth-order valence-corrected chi connectivity index (χ4v) is 1.95. The van der Waals surface area contributed by atoms with E-state index in [0.29, 0.717) is 18.1 Å². The average Bonchev–Trinajstić information content (AvgIpc) is 2.39. The number of hydrogen-bond donors (Lipinski definition) is 2. The van der Waals surface area contributed by atoms with Crippen LogP contribution in [-0.4, -0.2) is 32.7 Å². The largest absolute Gasteiger partial charge is 0.383 e. The van der Waals surface area contributed by atoms with Gasteiger partial charge in [0.05, 0.1) is 12.6 Å². The Bertz CT molecular complexity index is 430. The molecular weight excluding hydrogens is 240 g/mol. The lowest BCUT2D eigenvalue weighted by molar-refractivity contribution is 0.0962. The minimum Gasteiger partial charge on any atom is -0.383 e. The second-order valence-corrected chi connectivity index (χ2v) is 5.01. The molecule has 4 nitrogen and oxygen atoms in total. The smallest absolute Gasteiger partial charge is 0.251 e. The highest BCUT2D eigenvalue weighted by Crippen LogP contribution is 2.21. The molecule has 0 spiro atoms. The van der Waals surface area contributed by atoms with Crippen molar-refractivity contribution in [1.82, 2.24) is 5.32 Å². The fourth-order valence-electron chi connectivity index (χ4n) is 1.95. The zero-order valence-corrected chi connectivity index (χ0v) is 12.4. The third-order valence-corrected chi connectivity index (χ3v) is 3.30. The Morgan fingerprint density at radius 1 is 1.37 bits per heavy atom. The summed E-state index contributed by atoms with van der Waals surface area (Å²) in [7, 11) is 3.34. The third-order valence-electron chi connectivity index (χ3n) is 3.30. The van der Waals surface area contributed by atoms with Gasteiger partial charge in [-0.05, 0) is 30.5 Å². The molecule has 0 aromatic heterocycles. The molecule has 1 unspecified atom stereocenters. The molecule has 1 atom stereocenters. The van der Waals surface area contributed by atoms with Crippen molar-refractivity contribution in [3.63, 3.8) is 0 Å². The van der Waals surface area contributed by atoms with Crippen molar-refractivity contribution in [2.24, 2.45) is 5.92 Å². The van der Waals surface area contributed by atoms with Crippen molar-refractivity contribution in [2.75, 3.05) is 26.1 Å². The number of nitrogens with one attached hydrogen (secondary N) is 2. The number of rotatable bonds is 6. The van der Waals surface area contributed by atoms with Gasteiger partial charge in [0.2, 0.25) is 0 Å². The van der Waals surface area contributed by atoms with E-state index in [-0.39, 0.29) is 11.9 Å². The van der Waals surface area contributed by atoms with Gasteiger partial charge in [-0.1, -0.05) is 19.9 Å². The van der Waals surface area contributed by atoms with Crippen molar-refractivity contribution in [2.45, 2.75) is 26.8 Å². The summed E-state index contributed by atoms with van der Waals surface area (Å²) >= 11 is 0. The molecule has 0 aliphatic carbocycles. The maximum absolute atomic E-state index is 11.8. The van der Waals surface area contributed by atoms with E-state index in [1.807, 2.05) is 25.1 Å². The number of methoxy groups -OCH3 is 1. The maximum Gasteiger partial charge on any atom is 0.251 e. The number of hydrogen-bond acceptors (Lipinski definition) is 3. The highest BCUT2D eigenvalue weighted by molar-refractivity contribution is 5.96. The minimum absolute atomic E-state index is 0.0611. The molecular formula is C15H24N2O2. The van der Waals surface area contributed by atoms with E-state index in [0.717, 1.165) is 11.3 Å². The molecule has 0 saturated heterocycles. The summed E-state index contributed by atoms with van der Waals surface area (Å²) in [6, 6.07) is 5.94. The van der Waals surface area contributed by atoms with Gasteiger partial charge < -0.3 is 15.4 Å². The van der Waals surface area contributed by atoms with Crippen LogP contribution in [0.25, 0.3) is 0 Å². The molecule has 1 aromatic rings. The van der Waals surface area contributed by atoms with Crippen LogP contribution in [-0.2, 0) is 4.74 Å². The molecule has 1 aromatic carbocycles. The zero-order valence-electron chi connectivity index (χ0n) is 12.4. The number of carbonyl (C=O) groups is 1. The van der Waals surface area contributed by atoms with Crippen LogP contribution in [0.5, 0.6) is 0 Å². The van der Waals surface area contributed by atoms with E-state index < -0.39 is 0 Å². The van der Waals surface area contributed by atoms with Crippen LogP contribution in [0.1, 0.15) is 29.8 Å². The number of carbonyl (C=O) groups excluding carboxylic acids is 1. The molecule has 0 aliphatic rings. The molecule has 2 N–H and O–H groups in total. The Balaban J connectivity index is 2.97. The van der Waals surface area contributed by atoms with Crippen molar-refractivity contribution in [3.05, 3.63) is 29.3 Å². The summed E-state index contributed by atoms with van der Waals surface area (Å²) < 4.78 is 5.23. The van der Waals surface area contributed by atoms with E-state index in [4.69, 9.17) is 4.74 Å². The fraction of sp³-hybridized carbons (Fsp3) is 0.533. The van der Waals surface area contributed by atoms with Gasteiger partial charge in [-0.15, -0.1) is 0 Å². The monoisotopic (exact) mass is 264 g/mol. The average molecular weight is 264 g/mol. The lowest BCUT2D eigenvalue weighted by atomic mass is 10.0. The normalized spacial score (nSPS) is 12.3. The highest BCUT2D eigenvalue weighted by Gasteiger charge is 2.16. The van der Waals surface area contributed by atoms with Gasteiger partial charge in [-0.25, -0.2) is 0 Å². The summed E-state index contributed by atoms with van der Waals surface area (Å²) in [6.45, 7) is 6.89. The van der Waals surface area contributed by atoms with Crippen LogP contribution in [0.15, 0.2) is 18.2 Å². The van der Waals surface area contributed by atoms with Gasteiger partial charge in [0.1, 0.15) is 0 Å². The second-order valence-electron chi connectivity index (χ2n) is 5.01. The summed E-state index contributed by atoms with van der Waals surface area (Å²) in [5, 5.41) is 6.12. The quantitative estimate of drug-likeness (QED) is 0.829. The first-order valence-corrected chi connectivity index (χ1v) is 6.58. The molecule has 106 valence electrons. The molecule has 0 heterocycles. The first kappa shape index (κ1) is 15.5. The van der Waals surface area contributed by atoms with Gasteiger partial charge in [0.15, 0.2) is 0 Å². The summed E-state index contributed by atoms with van der Waals surface area (Å²) in [6.07, 6.45) is 0. The van der Waals surface area contributed by atoms with Gasteiger partial charge >= 0.3 is 0 Å². The lowest BCUT2D eigenvalue weighted by Crippen LogP contribution is -2.31. The van der Waals surface area contributed by atoms with E-state index in [9.17, 15) is 4.79 Å². The molecule has 0 saturated carbocycles. The second kappa shape index (κ2) is 7.14. The van der Waals surface area contributed by atoms with E-state index >= 15 is 0 Å². The molecule has 0 fully saturated rings. The summed E-state index contributed by atoms with van der Waals surface area (Å²) in [4.78, 5) is 11.8. The van der Waals surface area contributed by atoms with Gasteiger partial charge in [0.25, 0.3) is 5.91 Å². The summed E-state index contributed by atoms with van der Waals surface area (Å²) in [5.41, 5.74) is 2.65. The van der Waals surface area contributed by atoms with Crippen LogP contribution >= 0.6 is 0 Å². The number of benzene rings is 1. The zero-order chi connectivity index (χ0) is 14.4. The van der Waals surface area contributed by atoms with Crippen LogP contribution < -0.4 is 10.6 Å². The maximum atomic E-state index is 11.8. The standard InChI is InChI=1S/C15H24N2O2/c1-10(2)14(9-19-5)17-13-8-6-7-12(11(13)3)15(18)16-4/h6-8,10,14,17H,9H2,1-5H3,(H,16,18). The Hall–Kier alpha value is -1.55. The van der Waals surface area contributed by atoms with E-state index in [2.05, 4.69) is 24.5 Å². The van der Waals surface area contributed by atoms with Crippen LogP contribution in [0.2, 0.25) is 0 Å². The molecule has 1 amide bonds. The minimum atomic E-state index is -0.0611. The van der Waals surface area contributed by atoms with Crippen molar-refractivity contribution in [1.29, 1.82) is 0 Å². The van der Waals surface area contributed by atoms with E-state index in [1.165, 1.54) is 0 Å². The first-order valence-electron chi connectivity index (χ1n) is 6.58. The first-order chi connectivity index (χ1) is 9.01. The molecule has 4 heteroatoms. The van der Waals surface area contributed by atoms with Gasteiger partial charge in [-0.3, -0.25) is 4.79 Å². The van der Waals surface area contributed by atoms with Gasteiger partial charge in [0, 0.05) is 25.4 Å². The molecule has 0 aliphatic heterocycles. The summed E-state index contributed by atoms with van der Waals surface area (Å²) in [5.74, 6) is 0.386. The van der Waals surface area contributed by atoms with E-state index in [1.54, 1.807) is 14.2 Å². The van der Waals surface area contributed by atoms with Crippen molar-refractivity contribution < 1.29 is 9.53 Å². The Kier molecular flexibility index (Phi) is 5.83. The highest BCUT2D eigenvalue weighted by atomic mass is 16.5. The molecule has 1 rings (SSSR count). The number of anilines is 1.